The average molecular weight is 308 g/mol. The van der Waals surface area contributed by atoms with Gasteiger partial charge in [-0.3, -0.25) is 4.57 Å². The summed E-state index contributed by atoms with van der Waals surface area (Å²) in [6, 6.07) is 0.110. The van der Waals surface area contributed by atoms with Crippen molar-refractivity contribution in [3.8, 4) is 0 Å². The molecule has 0 amide bonds. The molecule has 0 bridgehead atoms. The van der Waals surface area contributed by atoms with Crippen LogP contribution in [0.4, 0.5) is 5.82 Å². The molecule has 8 nitrogen and oxygen atoms in total. The van der Waals surface area contributed by atoms with Gasteiger partial charge in [-0.1, -0.05) is 13.8 Å². The summed E-state index contributed by atoms with van der Waals surface area (Å²) in [4.78, 5) is 12.2. The smallest absolute Gasteiger partial charge is 0.167 e. The fourth-order valence-corrected chi connectivity index (χ4v) is 2.12. The van der Waals surface area contributed by atoms with E-state index in [1.807, 2.05) is 0 Å². The van der Waals surface area contributed by atoms with Crippen LogP contribution in [0.3, 0.4) is 0 Å². The topological polar surface area (TPSA) is 125 Å². The number of nitrogens with zero attached hydrogens (tertiary/aromatic N) is 4. The van der Waals surface area contributed by atoms with E-state index in [1.165, 1.54) is 6.33 Å². The predicted octanol–water partition coefficient (Wildman–Crippen LogP) is 0.507. The lowest BCUT2D eigenvalue weighted by atomic mass is 9.99. The fraction of sp³-hybridized carbons (Fsp3) is 0.643. The summed E-state index contributed by atoms with van der Waals surface area (Å²) < 4.78 is 7.46. The van der Waals surface area contributed by atoms with Gasteiger partial charge in [-0.2, -0.15) is 0 Å². The van der Waals surface area contributed by atoms with E-state index < -0.39 is 0 Å². The lowest BCUT2D eigenvalue weighted by molar-refractivity contribution is -0.0285. The van der Waals surface area contributed by atoms with Gasteiger partial charge < -0.3 is 21.3 Å². The van der Waals surface area contributed by atoms with Crippen molar-refractivity contribution in [1.29, 1.82) is 0 Å². The summed E-state index contributed by atoms with van der Waals surface area (Å²) in [6.45, 7) is 4.37. The van der Waals surface area contributed by atoms with Crippen LogP contribution < -0.4 is 11.5 Å². The third kappa shape index (κ3) is 3.90. The minimum Gasteiger partial charge on any atom is -0.394 e. The first-order chi connectivity index (χ1) is 10.5. The highest BCUT2D eigenvalue weighted by atomic mass is 16.5. The Bertz CT molecular complexity index is 600. The summed E-state index contributed by atoms with van der Waals surface area (Å²) in [6.07, 6.45) is 4.24. The van der Waals surface area contributed by atoms with Crippen LogP contribution in [0.25, 0.3) is 11.2 Å². The molecule has 0 saturated heterocycles. The SMILES string of the molecule is CC(C)C(N)CCC(CO)OCn1cnc2c(N)ncnc21. The van der Waals surface area contributed by atoms with Gasteiger partial charge in [0.2, 0.25) is 0 Å². The molecule has 2 unspecified atom stereocenters. The van der Waals surface area contributed by atoms with Crippen molar-refractivity contribution >= 4 is 17.0 Å². The Labute approximate surface area is 129 Å². The highest BCUT2D eigenvalue weighted by Crippen LogP contribution is 2.15. The second-order valence-electron chi connectivity index (χ2n) is 5.73. The van der Waals surface area contributed by atoms with Crippen LogP contribution in [0, 0.1) is 5.92 Å². The number of ether oxygens (including phenoxy) is 1. The molecule has 8 heteroatoms. The number of aliphatic hydroxyl groups is 1. The molecule has 5 N–H and O–H groups in total. The molecule has 0 aliphatic heterocycles. The number of imidazole rings is 1. The fourth-order valence-electron chi connectivity index (χ4n) is 2.12. The van der Waals surface area contributed by atoms with Gasteiger partial charge in [-0.15, -0.1) is 0 Å². The number of nitrogens with two attached hydrogens (primary N) is 2. The molecule has 0 spiro atoms. The van der Waals surface area contributed by atoms with Gasteiger partial charge in [0.05, 0.1) is 19.0 Å². The molecule has 2 rings (SSSR count). The largest absolute Gasteiger partial charge is 0.394 e. The summed E-state index contributed by atoms with van der Waals surface area (Å²) >= 11 is 0. The molecule has 0 aliphatic carbocycles. The molecular weight excluding hydrogens is 284 g/mol. The van der Waals surface area contributed by atoms with Crippen LogP contribution in [0.15, 0.2) is 12.7 Å². The number of hydrogen-bond acceptors (Lipinski definition) is 7. The maximum Gasteiger partial charge on any atom is 0.167 e. The molecule has 0 radical (unpaired) electrons. The van der Waals surface area contributed by atoms with E-state index in [0.29, 0.717) is 29.3 Å². The van der Waals surface area contributed by atoms with Crippen molar-refractivity contribution in [2.45, 2.75) is 45.6 Å². The van der Waals surface area contributed by atoms with E-state index in [2.05, 4.69) is 28.8 Å². The second kappa shape index (κ2) is 7.48. The Kier molecular flexibility index (Phi) is 5.64. The Morgan fingerprint density at radius 1 is 1.27 bits per heavy atom. The number of hydrogen-bond donors (Lipinski definition) is 3. The van der Waals surface area contributed by atoms with Gasteiger partial charge in [-0.25, -0.2) is 15.0 Å². The number of aromatic nitrogens is 4. The Morgan fingerprint density at radius 3 is 2.73 bits per heavy atom. The molecule has 0 saturated carbocycles. The highest BCUT2D eigenvalue weighted by Gasteiger charge is 2.14. The average Bonchev–Trinajstić information content (AvgIpc) is 2.91. The summed E-state index contributed by atoms with van der Waals surface area (Å²) in [5.74, 6) is 0.752. The third-order valence-electron chi connectivity index (χ3n) is 3.76. The molecule has 2 atom stereocenters. The van der Waals surface area contributed by atoms with Gasteiger partial charge in [0, 0.05) is 6.04 Å². The highest BCUT2D eigenvalue weighted by molar-refractivity contribution is 5.80. The first-order valence-corrected chi connectivity index (χ1v) is 7.42. The molecule has 22 heavy (non-hydrogen) atoms. The summed E-state index contributed by atoms with van der Waals surface area (Å²) in [5.41, 5.74) is 12.9. The van der Waals surface area contributed by atoms with E-state index >= 15 is 0 Å². The zero-order valence-corrected chi connectivity index (χ0v) is 13.0. The lowest BCUT2D eigenvalue weighted by Crippen LogP contribution is -2.29. The van der Waals surface area contributed by atoms with Crippen LogP contribution >= 0.6 is 0 Å². The van der Waals surface area contributed by atoms with E-state index in [-0.39, 0.29) is 25.5 Å². The van der Waals surface area contributed by atoms with Gasteiger partial charge in [0.25, 0.3) is 0 Å². The van der Waals surface area contributed by atoms with Crippen molar-refractivity contribution in [2.24, 2.45) is 11.7 Å². The molecule has 0 aliphatic rings. The Hall–Kier alpha value is -1.77. The first kappa shape index (κ1) is 16.6. The van der Waals surface area contributed by atoms with Crippen LogP contribution in [0.2, 0.25) is 0 Å². The molecule has 2 heterocycles. The van der Waals surface area contributed by atoms with Gasteiger partial charge in [0.1, 0.15) is 18.6 Å². The molecule has 2 aromatic rings. The van der Waals surface area contributed by atoms with Crippen LogP contribution in [-0.4, -0.2) is 43.4 Å². The van der Waals surface area contributed by atoms with Gasteiger partial charge in [0.15, 0.2) is 11.5 Å². The van der Waals surface area contributed by atoms with E-state index in [9.17, 15) is 5.11 Å². The first-order valence-electron chi connectivity index (χ1n) is 7.42. The maximum atomic E-state index is 9.43. The Morgan fingerprint density at radius 2 is 2.05 bits per heavy atom. The molecular formula is C14H24N6O2. The van der Waals surface area contributed by atoms with Crippen molar-refractivity contribution in [2.75, 3.05) is 12.3 Å². The van der Waals surface area contributed by atoms with Crippen LogP contribution in [0.1, 0.15) is 26.7 Å². The van der Waals surface area contributed by atoms with Crippen molar-refractivity contribution in [3.05, 3.63) is 12.7 Å². The second-order valence-corrected chi connectivity index (χ2v) is 5.73. The predicted molar refractivity (Wildman–Crippen MR) is 83.7 cm³/mol. The van der Waals surface area contributed by atoms with Crippen molar-refractivity contribution in [1.82, 2.24) is 19.5 Å². The number of rotatable bonds is 8. The summed E-state index contributed by atoms with van der Waals surface area (Å²) in [5, 5.41) is 9.43. The Balaban J connectivity index is 1.93. The number of aliphatic hydroxyl groups excluding tert-OH is 1. The minimum atomic E-state index is -0.263. The van der Waals surface area contributed by atoms with Gasteiger partial charge >= 0.3 is 0 Å². The van der Waals surface area contributed by atoms with E-state index in [4.69, 9.17) is 16.2 Å². The normalized spacial score (nSPS) is 14.6. The molecule has 0 aromatic carbocycles. The van der Waals surface area contributed by atoms with Crippen molar-refractivity contribution < 1.29 is 9.84 Å². The third-order valence-corrected chi connectivity index (χ3v) is 3.76. The molecule has 122 valence electrons. The minimum absolute atomic E-state index is 0.0471. The zero-order chi connectivity index (χ0) is 16.1. The lowest BCUT2D eigenvalue weighted by Gasteiger charge is -2.20. The zero-order valence-electron chi connectivity index (χ0n) is 13.0. The molecule has 0 fully saturated rings. The van der Waals surface area contributed by atoms with Crippen LogP contribution in [0.5, 0.6) is 0 Å². The van der Waals surface area contributed by atoms with Gasteiger partial charge in [-0.05, 0) is 18.8 Å². The van der Waals surface area contributed by atoms with E-state index in [1.54, 1.807) is 10.9 Å². The standard InChI is InChI=1S/C14H24N6O2/c1-9(2)11(15)4-3-10(5-21)22-8-20-7-19-12-13(16)17-6-18-14(12)20/h6-7,9-11,21H,3-5,8,15H2,1-2H3,(H2,16,17,18). The number of anilines is 1. The van der Waals surface area contributed by atoms with Crippen molar-refractivity contribution in [3.63, 3.8) is 0 Å². The van der Waals surface area contributed by atoms with Crippen LogP contribution in [-0.2, 0) is 11.5 Å². The maximum absolute atomic E-state index is 9.43. The monoisotopic (exact) mass is 308 g/mol. The number of nitrogen functional groups attached to an aromatic ring is 1. The number of fused-ring (bicyclic) bond motifs is 1. The van der Waals surface area contributed by atoms with E-state index in [0.717, 1.165) is 6.42 Å². The quantitative estimate of drug-likeness (QED) is 0.648. The summed E-state index contributed by atoms with van der Waals surface area (Å²) in [7, 11) is 0. The molecule has 2 aromatic heterocycles.